The molecule has 0 amide bonds. The molecule has 202 valence electrons. The summed E-state index contributed by atoms with van der Waals surface area (Å²) in [5.74, 6) is -0.671. The number of fused-ring (bicyclic) bond motifs is 1. The van der Waals surface area contributed by atoms with Crippen molar-refractivity contribution in [2.24, 2.45) is 5.92 Å². The number of aliphatic hydroxyl groups is 2. The highest BCUT2D eigenvalue weighted by Crippen LogP contribution is 2.39. The lowest BCUT2D eigenvalue weighted by molar-refractivity contribution is -0.137. The van der Waals surface area contributed by atoms with Gasteiger partial charge in [-0.3, -0.25) is 4.79 Å². The molecular weight excluding hydrogens is 508 g/mol. The zero-order valence-electron chi connectivity index (χ0n) is 20.5. The lowest BCUT2D eigenvalue weighted by Crippen LogP contribution is -2.48. The lowest BCUT2D eigenvalue weighted by Gasteiger charge is -2.40. The largest absolute Gasteiger partial charge is 0.494 e. The van der Waals surface area contributed by atoms with Gasteiger partial charge in [-0.05, 0) is 42.8 Å². The zero-order valence-corrected chi connectivity index (χ0v) is 20.5. The second kappa shape index (κ2) is 9.91. The second-order valence-corrected chi connectivity index (χ2v) is 9.36. The smallest absolute Gasteiger partial charge is 0.418 e. The number of β-amino-alcohol motifs (C(OH)–C–C–N with tert-alkyl or cyclic N) is 1. The summed E-state index contributed by atoms with van der Waals surface area (Å²) in [6.45, 7) is 1.13. The molecule has 3 aromatic rings. The first kappa shape index (κ1) is 26.0. The third-order valence-electron chi connectivity index (χ3n) is 7.00. The monoisotopic (exact) mass is 534 g/mol. The van der Waals surface area contributed by atoms with Crippen LogP contribution in [0.5, 0.6) is 5.75 Å². The van der Waals surface area contributed by atoms with Crippen LogP contribution in [0.25, 0.3) is 16.9 Å². The van der Waals surface area contributed by atoms with Crippen LogP contribution < -0.4 is 20.1 Å². The van der Waals surface area contributed by atoms with Gasteiger partial charge in [0.05, 0.1) is 30.7 Å². The summed E-state index contributed by atoms with van der Waals surface area (Å²) in [7, 11) is 1.29. The number of benzene rings is 2. The van der Waals surface area contributed by atoms with Gasteiger partial charge in [0.15, 0.2) is 11.6 Å². The predicted octanol–water partition coefficient (Wildman–Crippen LogP) is 2.85. The molecule has 0 atom stereocenters. The van der Waals surface area contributed by atoms with Crippen LogP contribution in [0.2, 0.25) is 0 Å². The molecule has 2 aliphatic rings. The first-order valence-electron chi connectivity index (χ1n) is 12.1. The highest BCUT2D eigenvalue weighted by atomic mass is 19.4. The molecule has 0 saturated carbocycles. The lowest BCUT2D eigenvalue weighted by atomic mass is 9.99. The molecule has 0 bridgehead atoms. The van der Waals surface area contributed by atoms with Gasteiger partial charge in [-0.25, -0.2) is 4.39 Å². The Morgan fingerprint density at radius 1 is 1.13 bits per heavy atom. The van der Waals surface area contributed by atoms with E-state index in [0.29, 0.717) is 42.9 Å². The highest BCUT2D eigenvalue weighted by Gasteiger charge is 2.37. The van der Waals surface area contributed by atoms with Crippen LogP contribution in [0, 0.1) is 11.7 Å². The van der Waals surface area contributed by atoms with E-state index in [-0.39, 0.29) is 42.8 Å². The van der Waals surface area contributed by atoms with E-state index in [1.807, 2.05) is 4.90 Å². The molecule has 0 unspecified atom stereocenters. The maximum atomic E-state index is 14.2. The summed E-state index contributed by atoms with van der Waals surface area (Å²) in [4.78, 5) is 17.2. The van der Waals surface area contributed by atoms with E-state index in [1.165, 1.54) is 37.4 Å². The van der Waals surface area contributed by atoms with Gasteiger partial charge >= 0.3 is 6.18 Å². The molecule has 0 radical (unpaired) electrons. The van der Waals surface area contributed by atoms with Crippen LogP contribution in [0.15, 0.2) is 41.2 Å². The van der Waals surface area contributed by atoms with Crippen LogP contribution in [0.1, 0.15) is 11.1 Å². The normalized spacial score (nSPS) is 15.6. The van der Waals surface area contributed by atoms with Gasteiger partial charge in [-0.1, -0.05) is 0 Å². The SMILES string of the molecule is COc1cc(-c2nn(-c3cc(N4CC(CO)C4)ccc3C(F)(F)F)c(=O)c3c2CCN3CCO)ccc1F. The number of aromatic nitrogens is 2. The number of aliphatic hydroxyl groups excluding tert-OH is 2. The molecule has 1 saturated heterocycles. The van der Waals surface area contributed by atoms with E-state index in [1.54, 1.807) is 4.90 Å². The number of nitrogens with zero attached hydrogens (tertiary/aromatic N) is 4. The molecular formula is C26H26F4N4O4. The predicted molar refractivity (Wildman–Crippen MR) is 133 cm³/mol. The van der Waals surface area contributed by atoms with Gasteiger partial charge in [-0.15, -0.1) is 0 Å². The van der Waals surface area contributed by atoms with Crippen LogP contribution in [-0.4, -0.2) is 66.5 Å². The van der Waals surface area contributed by atoms with Crippen molar-refractivity contribution < 1.29 is 32.5 Å². The van der Waals surface area contributed by atoms with Crippen molar-refractivity contribution in [1.29, 1.82) is 0 Å². The van der Waals surface area contributed by atoms with Crippen molar-refractivity contribution in [3.05, 3.63) is 63.7 Å². The van der Waals surface area contributed by atoms with E-state index in [9.17, 15) is 32.6 Å². The number of ether oxygens (including phenoxy) is 1. The van der Waals surface area contributed by atoms with Gasteiger partial charge in [0.2, 0.25) is 0 Å². The van der Waals surface area contributed by atoms with Crippen molar-refractivity contribution in [3.8, 4) is 22.7 Å². The Morgan fingerprint density at radius 3 is 2.55 bits per heavy atom. The van der Waals surface area contributed by atoms with Crippen LogP contribution in [-0.2, 0) is 12.6 Å². The standard InChI is InChI=1S/C26H26F4N4O4/c1-38-22-10-16(2-5-20(22)27)23-18-6-7-32(8-9-35)24(18)25(37)34(31-23)21-11-17(33-12-15(13-33)14-36)3-4-19(21)26(28,29)30/h2-5,10-11,15,35-36H,6-9,12-14H2,1H3. The minimum atomic E-state index is -4.78. The Morgan fingerprint density at radius 2 is 1.89 bits per heavy atom. The fraction of sp³-hybridized carbons (Fsp3) is 0.385. The third-order valence-corrected chi connectivity index (χ3v) is 7.00. The van der Waals surface area contributed by atoms with Crippen LogP contribution in [0.3, 0.4) is 0 Å². The number of rotatable bonds is 7. The molecule has 3 heterocycles. The summed E-state index contributed by atoms with van der Waals surface area (Å²) < 4.78 is 62.4. The number of methoxy groups -OCH3 is 1. The molecule has 0 aliphatic carbocycles. The van der Waals surface area contributed by atoms with E-state index in [4.69, 9.17) is 4.74 Å². The minimum Gasteiger partial charge on any atom is -0.494 e. The molecule has 2 N–H and O–H groups in total. The quantitative estimate of drug-likeness (QED) is 0.451. The zero-order chi connectivity index (χ0) is 27.2. The Bertz CT molecular complexity index is 1420. The molecule has 0 spiro atoms. The summed E-state index contributed by atoms with van der Waals surface area (Å²) in [6.07, 6.45) is -4.41. The summed E-state index contributed by atoms with van der Waals surface area (Å²) in [5, 5.41) is 23.3. The fourth-order valence-electron chi connectivity index (χ4n) is 5.04. The molecule has 12 heteroatoms. The van der Waals surface area contributed by atoms with E-state index >= 15 is 0 Å². The first-order valence-corrected chi connectivity index (χ1v) is 12.1. The molecule has 8 nitrogen and oxygen atoms in total. The topological polar surface area (TPSA) is 91.1 Å². The average molecular weight is 535 g/mol. The molecule has 1 aromatic heterocycles. The van der Waals surface area contributed by atoms with Gasteiger partial charge < -0.3 is 24.7 Å². The maximum absolute atomic E-state index is 14.2. The molecule has 2 aliphatic heterocycles. The molecule has 2 aromatic carbocycles. The average Bonchev–Trinajstić information content (AvgIpc) is 3.28. The van der Waals surface area contributed by atoms with Crippen molar-refractivity contribution in [2.45, 2.75) is 12.6 Å². The Labute approximate surface area is 215 Å². The summed E-state index contributed by atoms with van der Waals surface area (Å²) >= 11 is 0. The maximum Gasteiger partial charge on any atom is 0.418 e. The van der Waals surface area contributed by atoms with Gasteiger partial charge in [-0.2, -0.15) is 23.0 Å². The van der Waals surface area contributed by atoms with Crippen LogP contribution in [0.4, 0.5) is 28.9 Å². The fourth-order valence-corrected chi connectivity index (χ4v) is 5.04. The van der Waals surface area contributed by atoms with Crippen molar-refractivity contribution in [2.75, 3.05) is 56.3 Å². The number of hydrogen-bond acceptors (Lipinski definition) is 7. The van der Waals surface area contributed by atoms with Gasteiger partial charge in [0, 0.05) is 55.5 Å². The van der Waals surface area contributed by atoms with Gasteiger partial charge in [0.25, 0.3) is 5.56 Å². The summed E-state index contributed by atoms with van der Waals surface area (Å²) in [6, 6.07) is 7.52. The Kier molecular flexibility index (Phi) is 6.78. The highest BCUT2D eigenvalue weighted by molar-refractivity contribution is 5.74. The number of anilines is 2. The molecule has 38 heavy (non-hydrogen) atoms. The third kappa shape index (κ3) is 4.47. The van der Waals surface area contributed by atoms with Crippen molar-refractivity contribution in [3.63, 3.8) is 0 Å². The summed E-state index contributed by atoms with van der Waals surface area (Å²) in [5.41, 5.74) is -0.515. The number of halogens is 4. The molecule has 5 rings (SSSR count). The van der Waals surface area contributed by atoms with E-state index in [0.717, 1.165) is 10.7 Å². The van der Waals surface area contributed by atoms with Crippen molar-refractivity contribution in [1.82, 2.24) is 9.78 Å². The number of alkyl halides is 3. The van der Waals surface area contributed by atoms with Crippen molar-refractivity contribution >= 4 is 11.4 Å². The first-order chi connectivity index (χ1) is 18.2. The van der Waals surface area contributed by atoms with E-state index in [2.05, 4.69) is 5.10 Å². The minimum absolute atomic E-state index is 0.0219. The Hall–Kier alpha value is -3.64. The molecule has 1 fully saturated rings. The van der Waals surface area contributed by atoms with Crippen LogP contribution >= 0.6 is 0 Å². The number of hydrogen-bond donors (Lipinski definition) is 2. The Balaban J connectivity index is 1.75. The second-order valence-electron chi connectivity index (χ2n) is 9.36. The van der Waals surface area contributed by atoms with E-state index < -0.39 is 28.8 Å². The van der Waals surface area contributed by atoms with Gasteiger partial charge in [0.1, 0.15) is 5.69 Å².